The molecular formula is C31H55I2O-. The summed E-state index contributed by atoms with van der Waals surface area (Å²) in [6, 6.07) is 0. The molecule has 4 saturated carbocycles. The van der Waals surface area contributed by atoms with Gasteiger partial charge in [-0.05, 0) is 0 Å². The summed E-state index contributed by atoms with van der Waals surface area (Å²) < 4.78 is 7.20. The molecule has 4 aliphatic carbocycles. The van der Waals surface area contributed by atoms with Crippen LogP contribution in [-0.2, 0) is 4.74 Å². The third kappa shape index (κ3) is 5.05. The molecule has 3 heteroatoms. The Morgan fingerprint density at radius 1 is 0.912 bits per heavy atom. The number of alkyl halides is 1. The first-order valence-corrected chi connectivity index (χ1v) is 22.2. The Hall–Kier alpha value is 1.42. The SMILES string of the molecule is CC(C)CCC[C@@H](C)[C@@]1([I-]I)CC[C@H]2[C@H]3CC[C@H]4C[C@@H](OC(C)(C)C)CCC4(C)C3CCC21C. The van der Waals surface area contributed by atoms with Crippen molar-refractivity contribution < 1.29 is 22.0 Å². The number of hydrogen-bond acceptors (Lipinski definition) is 1. The summed E-state index contributed by atoms with van der Waals surface area (Å²) >= 11 is 3.14. The predicted octanol–water partition coefficient (Wildman–Crippen LogP) is 6.85. The summed E-state index contributed by atoms with van der Waals surface area (Å²) in [4.78, 5) is 0. The molecule has 0 saturated heterocycles. The maximum absolute atomic E-state index is 6.51. The molecular weight excluding hydrogens is 642 g/mol. The molecule has 9 atom stereocenters. The second-order valence-electron chi connectivity index (χ2n) is 14.9. The Bertz CT molecular complexity index is 700. The van der Waals surface area contributed by atoms with Crippen LogP contribution in [-0.4, -0.2) is 15.1 Å². The van der Waals surface area contributed by atoms with Gasteiger partial charge >= 0.3 is 234 Å². The van der Waals surface area contributed by atoms with Crippen LogP contribution in [0.5, 0.6) is 0 Å². The number of halogens is 2. The van der Waals surface area contributed by atoms with Crippen LogP contribution in [0.25, 0.3) is 0 Å². The van der Waals surface area contributed by atoms with Gasteiger partial charge in [0.1, 0.15) is 0 Å². The molecule has 0 spiro atoms. The Morgan fingerprint density at radius 2 is 1.62 bits per heavy atom. The van der Waals surface area contributed by atoms with Crippen LogP contribution in [0.15, 0.2) is 0 Å². The fourth-order valence-electron chi connectivity index (χ4n) is 9.90. The second kappa shape index (κ2) is 10.5. The second-order valence-corrected chi connectivity index (χ2v) is 20.0. The van der Waals surface area contributed by atoms with Crippen LogP contribution in [0.2, 0.25) is 0 Å². The van der Waals surface area contributed by atoms with Gasteiger partial charge < -0.3 is 0 Å². The molecule has 200 valence electrons. The molecule has 4 fully saturated rings. The van der Waals surface area contributed by atoms with E-state index in [2.05, 4.69) is 74.0 Å². The van der Waals surface area contributed by atoms with E-state index in [1.54, 1.807) is 12.8 Å². The Morgan fingerprint density at radius 3 is 2.26 bits per heavy atom. The Labute approximate surface area is 232 Å². The van der Waals surface area contributed by atoms with Crippen LogP contribution in [0, 0.1) is 46.3 Å². The molecule has 0 aliphatic heterocycles. The third-order valence-electron chi connectivity index (χ3n) is 11.6. The minimum atomic E-state index is 0.00379. The van der Waals surface area contributed by atoms with Crippen molar-refractivity contribution in [3.8, 4) is 0 Å². The predicted molar refractivity (Wildman–Crippen MR) is 151 cm³/mol. The molecule has 4 aliphatic rings. The van der Waals surface area contributed by atoms with Crippen LogP contribution < -0.4 is 17.2 Å². The van der Waals surface area contributed by atoms with Crippen LogP contribution in [0.3, 0.4) is 0 Å². The van der Waals surface area contributed by atoms with Crippen molar-refractivity contribution in [2.24, 2.45) is 46.3 Å². The molecule has 4 rings (SSSR count). The zero-order chi connectivity index (χ0) is 24.9. The summed E-state index contributed by atoms with van der Waals surface area (Å²) in [5.41, 5.74) is 1.20. The van der Waals surface area contributed by atoms with Gasteiger partial charge in [-0.25, -0.2) is 0 Å². The monoisotopic (exact) mass is 697 g/mol. The fraction of sp³-hybridized carbons (Fsp3) is 1.00. The van der Waals surface area contributed by atoms with Crippen molar-refractivity contribution >= 4 is 18.6 Å². The number of fused-ring (bicyclic) bond motifs is 5. The Balaban J connectivity index is 1.49. The van der Waals surface area contributed by atoms with Gasteiger partial charge in [-0.1, -0.05) is 0 Å². The summed E-state index contributed by atoms with van der Waals surface area (Å²) in [5.74, 6) is 5.70. The standard InChI is InChI=1S/C31H55I2O/c1-21(2)10-9-11-22(3)31(33-32)19-16-27-25-13-12-23-20-24(34-28(4,5)6)14-17-29(23,7)26(25)15-18-30(27,31)8/h21-27H,9-20H2,1-8H3/q-1/t22-,23+,24+,25+,26?,27+,29?,30?,31+/m1/s1. The van der Waals surface area contributed by atoms with E-state index in [0.29, 0.717) is 20.4 Å². The van der Waals surface area contributed by atoms with Gasteiger partial charge in [-0.2, -0.15) is 0 Å². The number of ether oxygens (including phenoxy) is 1. The fourth-order valence-corrected chi connectivity index (χ4v) is 19.5. The third-order valence-corrected chi connectivity index (χ3v) is 20.1. The van der Waals surface area contributed by atoms with Crippen molar-refractivity contribution in [1.82, 2.24) is 0 Å². The van der Waals surface area contributed by atoms with Crippen molar-refractivity contribution in [2.75, 3.05) is 0 Å². The molecule has 0 radical (unpaired) electrons. The molecule has 0 aromatic carbocycles. The molecule has 0 bridgehead atoms. The minimum absolute atomic E-state index is 0.00379. The summed E-state index contributed by atoms with van der Waals surface area (Å²) in [6.07, 6.45) is 18.0. The molecule has 3 unspecified atom stereocenters. The van der Waals surface area contributed by atoms with Crippen LogP contribution in [0.1, 0.15) is 132 Å². The van der Waals surface area contributed by atoms with E-state index in [9.17, 15) is 0 Å². The van der Waals surface area contributed by atoms with E-state index in [4.69, 9.17) is 4.74 Å². The van der Waals surface area contributed by atoms with Gasteiger partial charge in [-0.3, -0.25) is 0 Å². The molecule has 0 aromatic heterocycles. The van der Waals surface area contributed by atoms with Gasteiger partial charge in [0.15, 0.2) is 0 Å². The molecule has 0 N–H and O–H groups in total. The van der Waals surface area contributed by atoms with Gasteiger partial charge in [-0.15, -0.1) is 0 Å². The Kier molecular flexibility index (Phi) is 8.81. The van der Waals surface area contributed by atoms with Crippen molar-refractivity contribution in [3.05, 3.63) is 0 Å². The van der Waals surface area contributed by atoms with Gasteiger partial charge in [0, 0.05) is 0 Å². The van der Waals surface area contributed by atoms with E-state index in [1.807, 2.05) is 0 Å². The normalized spacial score (nSPS) is 45.6. The van der Waals surface area contributed by atoms with E-state index >= 15 is 0 Å². The summed E-state index contributed by atoms with van der Waals surface area (Å²) in [7, 11) is 0. The first kappa shape index (κ1) is 28.4. The number of hydrogen-bond donors (Lipinski definition) is 0. The number of rotatable bonds is 7. The van der Waals surface area contributed by atoms with Crippen molar-refractivity contribution in [2.45, 2.75) is 148 Å². The summed E-state index contributed by atoms with van der Waals surface area (Å²) in [6.45, 7) is 19.7. The molecule has 0 amide bonds. The van der Waals surface area contributed by atoms with E-state index in [1.165, 1.54) is 64.2 Å². The van der Waals surface area contributed by atoms with Crippen LogP contribution >= 0.6 is 18.6 Å². The van der Waals surface area contributed by atoms with Gasteiger partial charge in [0.25, 0.3) is 0 Å². The molecule has 0 aromatic rings. The van der Waals surface area contributed by atoms with Crippen molar-refractivity contribution in [3.63, 3.8) is 0 Å². The molecule has 1 nitrogen and oxygen atoms in total. The summed E-state index contributed by atoms with van der Waals surface area (Å²) in [5, 5.41) is 0. The van der Waals surface area contributed by atoms with E-state index < -0.39 is 0 Å². The quantitative estimate of drug-likeness (QED) is 0.209. The first-order chi connectivity index (χ1) is 15.9. The van der Waals surface area contributed by atoms with Crippen molar-refractivity contribution in [1.29, 1.82) is 0 Å². The topological polar surface area (TPSA) is 9.23 Å². The maximum atomic E-state index is 6.51. The zero-order valence-corrected chi connectivity index (χ0v) is 28.0. The zero-order valence-electron chi connectivity index (χ0n) is 23.7. The van der Waals surface area contributed by atoms with Crippen LogP contribution in [0.4, 0.5) is 0 Å². The van der Waals surface area contributed by atoms with E-state index in [-0.39, 0.29) is 22.8 Å². The first-order valence-electron chi connectivity index (χ1n) is 14.8. The average molecular weight is 698 g/mol. The van der Waals surface area contributed by atoms with E-state index in [0.717, 1.165) is 35.5 Å². The van der Waals surface area contributed by atoms with Gasteiger partial charge in [0.2, 0.25) is 0 Å². The van der Waals surface area contributed by atoms with Gasteiger partial charge in [0.05, 0.1) is 0 Å². The molecule has 34 heavy (non-hydrogen) atoms. The average Bonchev–Trinajstić information content (AvgIpc) is 3.06. The molecule has 0 heterocycles.